The lowest BCUT2D eigenvalue weighted by Crippen LogP contribution is -2.44. The Balaban J connectivity index is 2.58. The maximum absolute atomic E-state index is 12.9. The van der Waals surface area contributed by atoms with Gasteiger partial charge in [0.05, 0.1) is 5.52 Å². The molecule has 2 rings (SSSR count). The average molecular weight is 434 g/mol. The van der Waals surface area contributed by atoms with Crippen LogP contribution in [-0.2, 0) is 14.2 Å². The number of aromatic nitrogens is 2. The molecule has 9 nitrogen and oxygen atoms in total. The molecule has 9 heteroatoms. The molecular weight excluding hydrogens is 402 g/mol. The molecule has 0 unspecified atom stereocenters. The van der Waals surface area contributed by atoms with Crippen LogP contribution >= 0.6 is 0 Å². The van der Waals surface area contributed by atoms with Crippen LogP contribution in [0.15, 0.2) is 24.5 Å². The van der Waals surface area contributed by atoms with Crippen molar-refractivity contribution >= 4 is 35.0 Å². The summed E-state index contributed by atoms with van der Waals surface area (Å²) in [5, 5.41) is 0.380. The fourth-order valence-corrected chi connectivity index (χ4v) is 2.56. The maximum atomic E-state index is 12.9. The van der Waals surface area contributed by atoms with Crippen LogP contribution in [0.25, 0.3) is 10.9 Å². The van der Waals surface area contributed by atoms with Gasteiger partial charge in [-0.15, -0.1) is 0 Å². The second-order valence-corrected chi connectivity index (χ2v) is 10.0. The van der Waals surface area contributed by atoms with Gasteiger partial charge in [0.1, 0.15) is 16.8 Å². The molecular formula is C22H31N3O6. The smallest absolute Gasteiger partial charge is 0.425 e. The number of rotatable bonds is 1. The van der Waals surface area contributed by atoms with Gasteiger partial charge in [-0.1, -0.05) is 0 Å². The number of imide groups is 1. The van der Waals surface area contributed by atoms with Gasteiger partial charge in [0, 0.05) is 17.8 Å². The summed E-state index contributed by atoms with van der Waals surface area (Å²) in [5.74, 6) is -0.0108. The van der Waals surface area contributed by atoms with Gasteiger partial charge in [0.25, 0.3) is 0 Å². The summed E-state index contributed by atoms with van der Waals surface area (Å²) in [7, 11) is 0. The maximum Gasteiger partial charge on any atom is 0.425 e. The first-order valence-corrected chi connectivity index (χ1v) is 9.94. The van der Waals surface area contributed by atoms with Gasteiger partial charge in [0.2, 0.25) is 0 Å². The molecule has 0 atom stereocenters. The van der Waals surface area contributed by atoms with Crippen molar-refractivity contribution in [1.82, 2.24) is 9.55 Å². The number of hydrogen-bond donors (Lipinski definition) is 0. The second-order valence-electron chi connectivity index (χ2n) is 10.0. The quantitative estimate of drug-likeness (QED) is 0.548. The van der Waals surface area contributed by atoms with E-state index < -0.39 is 35.1 Å². The minimum absolute atomic E-state index is 0.0108. The zero-order chi connectivity index (χ0) is 23.8. The molecule has 170 valence electrons. The van der Waals surface area contributed by atoms with Crippen LogP contribution in [0, 0.1) is 0 Å². The van der Waals surface area contributed by atoms with E-state index in [4.69, 9.17) is 14.2 Å². The number of fused-ring (bicyclic) bond motifs is 1. The van der Waals surface area contributed by atoms with E-state index in [1.807, 2.05) is 0 Å². The fraction of sp³-hybridized carbons (Fsp3) is 0.545. The molecule has 0 N–H and O–H groups in total. The van der Waals surface area contributed by atoms with Gasteiger partial charge in [-0.3, -0.25) is 4.57 Å². The molecule has 0 spiro atoms. The van der Waals surface area contributed by atoms with Crippen LogP contribution in [0.3, 0.4) is 0 Å². The highest BCUT2D eigenvalue weighted by atomic mass is 16.6. The first kappa shape index (κ1) is 24.2. The highest BCUT2D eigenvalue weighted by molar-refractivity contribution is 6.14. The van der Waals surface area contributed by atoms with Crippen LogP contribution in [0.4, 0.5) is 20.2 Å². The van der Waals surface area contributed by atoms with E-state index in [1.54, 1.807) is 74.4 Å². The van der Waals surface area contributed by atoms with Crippen molar-refractivity contribution in [3.63, 3.8) is 0 Å². The molecule has 2 amide bonds. The second kappa shape index (κ2) is 8.20. The third kappa shape index (κ3) is 6.44. The van der Waals surface area contributed by atoms with E-state index in [0.29, 0.717) is 10.9 Å². The van der Waals surface area contributed by atoms with E-state index in [0.717, 1.165) is 4.90 Å². The molecule has 2 aromatic rings. The molecule has 0 radical (unpaired) electrons. The van der Waals surface area contributed by atoms with E-state index in [9.17, 15) is 14.4 Å². The molecule has 2 aromatic heterocycles. The van der Waals surface area contributed by atoms with E-state index >= 15 is 0 Å². The predicted molar refractivity (Wildman–Crippen MR) is 116 cm³/mol. The minimum Gasteiger partial charge on any atom is -0.443 e. The van der Waals surface area contributed by atoms with Crippen molar-refractivity contribution in [3.8, 4) is 0 Å². The van der Waals surface area contributed by atoms with E-state index in [2.05, 4.69) is 4.98 Å². The van der Waals surface area contributed by atoms with E-state index in [1.165, 1.54) is 17.0 Å². The third-order valence-corrected chi connectivity index (χ3v) is 3.55. The van der Waals surface area contributed by atoms with Gasteiger partial charge < -0.3 is 14.2 Å². The summed E-state index contributed by atoms with van der Waals surface area (Å²) in [6.45, 7) is 15.4. The Morgan fingerprint density at radius 2 is 1.29 bits per heavy atom. The summed E-state index contributed by atoms with van der Waals surface area (Å²) >= 11 is 0. The number of nitrogens with zero attached hydrogens (tertiary/aromatic N) is 3. The molecule has 0 bridgehead atoms. The van der Waals surface area contributed by atoms with Gasteiger partial charge in [0.15, 0.2) is 5.82 Å². The van der Waals surface area contributed by atoms with Crippen LogP contribution < -0.4 is 4.90 Å². The molecule has 0 aliphatic heterocycles. The van der Waals surface area contributed by atoms with Crippen molar-refractivity contribution in [3.05, 3.63) is 24.5 Å². The summed E-state index contributed by atoms with van der Waals surface area (Å²) in [6.07, 6.45) is 0.409. The van der Waals surface area contributed by atoms with Crippen molar-refractivity contribution in [2.45, 2.75) is 79.1 Å². The Morgan fingerprint density at radius 1 is 0.806 bits per heavy atom. The molecule has 0 fully saturated rings. The van der Waals surface area contributed by atoms with Crippen molar-refractivity contribution in [2.24, 2.45) is 0 Å². The van der Waals surface area contributed by atoms with Crippen LogP contribution in [0.5, 0.6) is 0 Å². The summed E-state index contributed by atoms with van der Waals surface area (Å²) in [5.41, 5.74) is -1.99. The zero-order valence-corrected chi connectivity index (χ0v) is 19.6. The Labute approximate surface area is 182 Å². The lowest BCUT2D eigenvalue weighted by atomic mass is 10.2. The van der Waals surface area contributed by atoms with Gasteiger partial charge >= 0.3 is 18.3 Å². The molecule has 0 saturated carbocycles. The molecule has 2 heterocycles. The van der Waals surface area contributed by atoms with Crippen LogP contribution in [0.2, 0.25) is 0 Å². The summed E-state index contributed by atoms with van der Waals surface area (Å²) in [6, 6.07) is 3.16. The van der Waals surface area contributed by atoms with Crippen LogP contribution in [-0.4, -0.2) is 44.6 Å². The standard InChI is InChI=1S/C22H31N3O6/c1-20(2,3)29-17(26)24-13-11-14-15(24)10-12-23-16(14)25(18(27)30-21(4,5)6)19(28)31-22(7,8)9/h10-13H,1-9H3. The number of pyridine rings is 1. The Bertz CT molecular complexity index is 961. The first-order chi connectivity index (χ1) is 14.0. The number of amides is 2. The fourth-order valence-electron chi connectivity index (χ4n) is 2.56. The molecule has 0 aliphatic carbocycles. The highest BCUT2D eigenvalue weighted by Crippen LogP contribution is 2.29. The lowest BCUT2D eigenvalue weighted by molar-refractivity contribution is 0.0428. The summed E-state index contributed by atoms with van der Waals surface area (Å²) < 4.78 is 17.5. The zero-order valence-electron chi connectivity index (χ0n) is 19.6. The van der Waals surface area contributed by atoms with E-state index in [-0.39, 0.29) is 5.82 Å². The third-order valence-electron chi connectivity index (χ3n) is 3.55. The van der Waals surface area contributed by atoms with Crippen molar-refractivity contribution < 1.29 is 28.6 Å². The molecule has 0 saturated heterocycles. The van der Waals surface area contributed by atoms with Gasteiger partial charge in [-0.05, 0) is 74.4 Å². The van der Waals surface area contributed by atoms with Gasteiger partial charge in [-0.25, -0.2) is 19.4 Å². The molecule has 31 heavy (non-hydrogen) atoms. The monoisotopic (exact) mass is 433 g/mol. The van der Waals surface area contributed by atoms with Crippen LogP contribution in [0.1, 0.15) is 62.3 Å². The number of carbonyl (C=O) groups excluding carboxylic acids is 3. The highest BCUT2D eigenvalue weighted by Gasteiger charge is 2.35. The predicted octanol–water partition coefficient (Wildman–Crippen LogP) is 5.50. The minimum atomic E-state index is -0.938. The SMILES string of the molecule is CC(C)(C)OC(=O)N(C(=O)OC(C)(C)C)c1nccc2c1ccn2C(=O)OC(C)(C)C. The molecule has 0 aliphatic rings. The Hall–Kier alpha value is -3.10. The number of anilines is 1. The number of carbonyl (C=O) groups is 3. The summed E-state index contributed by atoms with van der Waals surface area (Å²) in [4.78, 5) is 43.4. The largest absolute Gasteiger partial charge is 0.443 e. The first-order valence-electron chi connectivity index (χ1n) is 9.94. The lowest BCUT2D eigenvalue weighted by Gasteiger charge is -2.28. The normalized spacial score (nSPS) is 12.4. The molecule has 0 aromatic carbocycles. The number of hydrogen-bond acceptors (Lipinski definition) is 7. The van der Waals surface area contributed by atoms with Crippen molar-refractivity contribution in [1.29, 1.82) is 0 Å². The van der Waals surface area contributed by atoms with Crippen molar-refractivity contribution in [2.75, 3.05) is 4.90 Å². The average Bonchev–Trinajstić information content (AvgIpc) is 2.94. The number of ether oxygens (including phenoxy) is 3. The van der Waals surface area contributed by atoms with Gasteiger partial charge in [-0.2, -0.15) is 4.90 Å². The Morgan fingerprint density at radius 3 is 1.74 bits per heavy atom. The Kier molecular flexibility index (Phi) is 6.40. The topological polar surface area (TPSA) is 100.0 Å².